The number of aryl methyl sites for hydroxylation is 1. The third kappa shape index (κ3) is 1.74. The smallest absolute Gasteiger partial charge is 0.331 e. The molecule has 2 N–H and O–H groups in total. The first-order chi connectivity index (χ1) is 7.61. The molecular weight excluding hydrogens is 204 g/mol. The van der Waals surface area contributed by atoms with Gasteiger partial charge < -0.3 is 10.2 Å². The number of aliphatic carboxylic acids is 1. The molecule has 0 aromatic heterocycles. The van der Waals surface area contributed by atoms with E-state index < -0.39 is 18.0 Å². The molecule has 0 saturated carbocycles. The van der Waals surface area contributed by atoms with Gasteiger partial charge in [0, 0.05) is 11.5 Å². The molecular formula is C13H14O3. The van der Waals surface area contributed by atoms with E-state index in [-0.39, 0.29) is 5.57 Å². The Hall–Kier alpha value is -1.61. The quantitative estimate of drug-likeness (QED) is 0.743. The van der Waals surface area contributed by atoms with Crippen LogP contribution in [0.15, 0.2) is 36.4 Å². The summed E-state index contributed by atoms with van der Waals surface area (Å²) < 4.78 is 0. The lowest BCUT2D eigenvalue weighted by atomic mass is 9.77. The number of aliphatic hydroxyl groups excluding tert-OH is 1. The van der Waals surface area contributed by atoms with Gasteiger partial charge in [-0.3, -0.25) is 0 Å². The lowest BCUT2D eigenvalue weighted by Gasteiger charge is -2.30. The van der Waals surface area contributed by atoms with Crippen LogP contribution in [0.3, 0.4) is 0 Å². The van der Waals surface area contributed by atoms with Gasteiger partial charge in [-0.05, 0) is 24.0 Å². The number of carboxylic acids is 1. The summed E-state index contributed by atoms with van der Waals surface area (Å²) in [5, 5.41) is 18.9. The molecule has 0 amide bonds. The van der Waals surface area contributed by atoms with E-state index in [9.17, 15) is 9.90 Å². The van der Waals surface area contributed by atoms with Crippen molar-refractivity contribution in [1.82, 2.24) is 0 Å². The second-order valence-electron chi connectivity index (χ2n) is 4.11. The van der Waals surface area contributed by atoms with Gasteiger partial charge in [-0.2, -0.15) is 0 Å². The predicted molar refractivity (Wildman–Crippen MR) is 60.3 cm³/mol. The minimum absolute atomic E-state index is 0.0691. The second kappa shape index (κ2) is 4.10. The summed E-state index contributed by atoms with van der Waals surface area (Å²) in [6.45, 7) is 3.57. The highest BCUT2D eigenvalue weighted by Gasteiger charge is 2.32. The summed E-state index contributed by atoms with van der Waals surface area (Å²) in [6, 6.07) is 7.63. The Balaban J connectivity index is 2.44. The molecule has 2 rings (SSSR count). The van der Waals surface area contributed by atoms with Crippen molar-refractivity contribution in [2.24, 2.45) is 0 Å². The Kier molecular flexibility index (Phi) is 2.79. The van der Waals surface area contributed by atoms with E-state index in [1.54, 1.807) is 0 Å². The SMILES string of the molecule is C=C(C(=O)O)C1c2ccccc2CCC1O. The standard InChI is InChI=1S/C13H14O3/c1-8(13(15)16)12-10-5-3-2-4-9(10)6-7-11(12)14/h2-5,11-12,14H,1,6-7H2,(H,15,16). The number of aliphatic hydroxyl groups is 1. The van der Waals surface area contributed by atoms with Crippen LogP contribution in [0.1, 0.15) is 23.5 Å². The molecule has 1 aromatic rings. The fraction of sp³-hybridized carbons (Fsp3) is 0.308. The number of rotatable bonds is 2. The van der Waals surface area contributed by atoms with Gasteiger partial charge in [-0.15, -0.1) is 0 Å². The molecule has 1 aliphatic carbocycles. The highest BCUT2D eigenvalue weighted by molar-refractivity contribution is 5.88. The fourth-order valence-electron chi connectivity index (χ4n) is 2.30. The van der Waals surface area contributed by atoms with Crippen molar-refractivity contribution in [1.29, 1.82) is 0 Å². The van der Waals surface area contributed by atoms with Crippen molar-refractivity contribution in [3.8, 4) is 0 Å². The molecule has 0 spiro atoms. The Labute approximate surface area is 94.0 Å². The van der Waals surface area contributed by atoms with Crippen molar-refractivity contribution >= 4 is 5.97 Å². The molecule has 0 aliphatic heterocycles. The number of fused-ring (bicyclic) bond motifs is 1. The average Bonchev–Trinajstić information content (AvgIpc) is 2.28. The van der Waals surface area contributed by atoms with E-state index in [2.05, 4.69) is 6.58 Å². The first-order valence-electron chi connectivity index (χ1n) is 5.29. The van der Waals surface area contributed by atoms with Crippen LogP contribution in [0, 0.1) is 0 Å². The van der Waals surface area contributed by atoms with Crippen molar-refractivity contribution in [3.05, 3.63) is 47.5 Å². The molecule has 84 valence electrons. The van der Waals surface area contributed by atoms with Gasteiger partial charge in [-0.25, -0.2) is 4.79 Å². The summed E-state index contributed by atoms with van der Waals surface area (Å²) in [5.74, 6) is -1.51. The van der Waals surface area contributed by atoms with Crippen molar-refractivity contribution in [2.45, 2.75) is 24.9 Å². The zero-order valence-electron chi connectivity index (χ0n) is 8.89. The fourth-order valence-corrected chi connectivity index (χ4v) is 2.30. The van der Waals surface area contributed by atoms with E-state index in [4.69, 9.17) is 5.11 Å². The molecule has 2 unspecified atom stereocenters. The molecule has 3 nitrogen and oxygen atoms in total. The number of carbonyl (C=O) groups is 1. The van der Waals surface area contributed by atoms with Crippen molar-refractivity contribution in [2.75, 3.05) is 0 Å². The maximum Gasteiger partial charge on any atom is 0.331 e. The maximum atomic E-state index is 10.9. The average molecular weight is 218 g/mol. The molecule has 0 bridgehead atoms. The predicted octanol–water partition coefficient (Wildman–Crippen LogP) is 1.72. The van der Waals surface area contributed by atoms with Crippen LogP contribution in [0.5, 0.6) is 0 Å². The maximum absolute atomic E-state index is 10.9. The van der Waals surface area contributed by atoms with Crippen molar-refractivity contribution < 1.29 is 15.0 Å². The third-order valence-corrected chi connectivity index (χ3v) is 3.13. The highest BCUT2D eigenvalue weighted by atomic mass is 16.4. The number of carboxylic acid groups (broad SMARTS) is 1. The van der Waals surface area contributed by atoms with Gasteiger partial charge in [-0.1, -0.05) is 30.8 Å². The molecule has 0 fully saturated rings. The van der Waals surface area contributed by atoms with Crippen LogP contribution in [0.25, 0.3) is 0 Å². The van der Waals surface area contributed by atoms with Crippen LogP contribution in [-0.4, -0.2) is 22.3 Å². The van der Waals surface area contributed by atoms with E-state index >= 15 is 0 Å². The minimum atomic E-state index is -1.04. The zero-order chi connectivity index (χ0) is 11.7. The molecule has 1 aromatic carbocycles. The van der Waals surface area contributed by atoms with E-state index in [0.717, 1.165) is 17.5 Å². The third-order valence-electron chi connectivity index (χ3n) is 3.13. The van der Waals surface area contributed by atoms with Gasteiger partial charge in [0.2, 0.25) is 0 Å². The van der Waals surface area contributed by atoms with Crippen LogP contribution < -0.4 is 0 Å². The molecule has 2 atom stereocenters. The lowest BCUT2D eigenvalue weighted by molar-refractivity contribution is -0.133. The molecule has 16 heavy (non-hydrogen) atoms. The van der Waals surface area contributed by atoms with Crippen molar-refractivity contribution in [3.63, 3.8) is 0 Å². The van der Waals surface area contributed by atoms with Crippen LogP contribution in [0.4, 0.5) is 0 Å². The van der Waals surface area contributed by atoms with Crippen LogP contribution >= 0.6 is 0 Å². The molecule has 3 heteroatoms. The number of hydrogen-bond acceptors (Lipinski definition) is 2. The lowest BCUT2D eigenvalue weighted by Crippen LogP contribution is -2.28. The molecule has 0 saturated heterocycles. The minimum Gasteiger partial charge on any atom is -0.478 e. The van der Waals surface area contributed by atoms with Gasteiger partial charge in [0.15, 0.2) is 0 Å². The van der Waals surface area contributed by atoms with E-state index in [1.807, 2.05) is 24.3 Å². The van der Waals surface area contributed by atoms with Gasteiger partial charge in [0.25, 0.3) is 0 Å². The first-order valence-corrected chi connectivity index (χ1v) is 5.29. The summed E-state index contributed by atoms with van der Waals surface area (Å²) in [6.07, 6.45) is 0.743. The molecule has 1 aliphatic rings. The molecule has 0 radical (unpaired) electrons. The summed E-state index contributed by atoms with van der Waals surface area (Å²) in [7, 11) is 0. The highest BCUT2D eigenvalue weighted by Crippen LogP contribution is 2.36. The largest absolute Gasteiger partial charge is 0.478 e. The zero-order valence-corrected chi connectivity index (χ0v) is 8.89. The summed E-state index contributed by atoms with van der Waals surface area (Å²) in [5.41, 5.74) is 2.08. The van der Waals surface area contributed by atoms with Crippen LogP contribution in [0.2, 0.25) is 0 Å². The monoisotopic (exact) mass is 218 g/mol. The van der Waals surface area contributed by atoms with E-state index in [0.29, 0.717) is 6.42 Å². The Bertz CT molecular complexity index is 437. The first kappa shape index (κ1) is 10.9. The van der Waals surface area contributed by atoms with E-state index in [1.165, 1.54) is 0 Å². The van der Waals surface area contributed by atoms with Gasteiger partial charge in [0.05, 0.1) is 6.10 Å². The summed E-state index contributed by atoms with van der Waals surface area (Å²) in [4.78, 5) is 10.9. The normalized spacial score (nSPS) is 23.6. The Morgan fingerprint density at radius 2 is 2.06 bits per heavy atom. The second-order valence-corrected chi connectivity index (χ2v) is 4.11. The summed E-state index contributed by atoms with van der Waals surface area (Å²) >= 11 is 0. The number of benzene rings is 1. The Morgan fingerprint density at radius 1 is 1.38 bits per heavy atom. The molecule has 0 heterocycles. The van der Waals surface area contributed by atoms with Crippen LogP contribution in [-0.2, 0) is 11.2 Å². The topological polar surface area (TPSA) is 57.5 Å². The number of hydrogen-bond donors (Lipinski definition) is 2. The van der Waals surface area contributed by atoms with Gasteiger partial charge >= 0.3 is 5.97 Å². The Morgan fingerprint density at radius 3 is 2.75 bits per heavy atom. The van der Waals surface area contributed by atoms with Gasteiger partial charge in [0.1, 0.15) is 0 Å².